The third kappa shape index (κ3) is 14.7. The van der Waals surface area contributed by atoms with Crippen LogP contribution in [0.25, 0.3) is 185 Å². The molecule has 29 rings (SSSR count). The van der Waals surface area contributed by atoms with Gasteiger partial charge in [0.15, 0.2) is 0 Å². The summed E-state index contributed by atoms with van der Waals surface area (Å²) in [6, 6.07) is 175. The molecule has 0 spiro atoms. The fourth-order valence-corrected chi connectivity index (χ4v) is 23.5. The third-order valence-corrected chi connectivity index (χ3v) is 29.7. The van der Waals surface area contributed by atoms with Crippen LogP contribution in [0.3, 0.4) is 0 Å². The monoisotopic (exact) mass is 1900 g/mol. The molecular formula is C132H85F4N9S. The van der Waals surface area contributed by atoms with Crippen LogP contribution >= 0.6 is 11.3 Å². The number of aromatic nitrogens is 6. The molecule has 22 aromatic carbocycles. The SMILES string of the molecule is Fc1cc(F)cc(N(c2ccc3c(c2)c2ccccc2n3-c2ccccc2)c2ccc3c4ccccc4n(-c4ccccc4)c3c2)c1.Fc1ccc(-n2c3ccccc3c3cc(N(c4ccc5c6ccccc6n(-c6ccccc6)c5c4)c4cccc5c4sc4ccccc45)ccc32)cc1.Fc1cccc(N(c2ccc3c(c2)c2ccccc2n3-c2ccccc2)c2ccc3c4ccccc4n(-c4ccccc4)c3c2)c1. The van der Waals surface area contributed by atoms with Gasteiger partial charge in [0, 0.05) is 160 Å². The first-order chi connectivity index (χ1) is 72.1. The van der Waals surface area contributed by atoms with E-state index in [1.54, 1.807) is 12.1 Å². The number of hydrogen-bond donors (Lipinski definition) is 0. The molecule has 0 fully saturated rings. The Kier molecular flexibility index (Phi) is 21.0. The van der Waals surface area contributed by atoms with Gasteiger partial charge in [-0.2, -0.15) is 0 Å². The number of fused-ring (bicyclic) bond motifs is 21. The first-order valence-corrected chi connectivity index (χ1v) is 49.7. The zero-order valence-corrected chi connectivity index (χ0v) is 79.3. The fourth-order valence-electron chi connectivity index (χ4n) is 22.3. The van der Waals surface area contributed by atoms with Crippen LogP contribution < -0.4 is 14.7 Å². The molecule has 0 aliphatic rings. The van der Waals surface area contributed by atoms with Gasteiger partial charge in [-0.15, -0.1) is 11.3 Å². The Hall–Kier alpha value is -19.0. The second kappa shape index (κ2) is 35.6. The van der Waals surface area contributed by atoms with Crippen LogP contribution in [0, 0.1) is 23.3 Å². The molecule has 0 amide bonds. The van der Waals surface area contributed by atoms with Crippen LogP contribution in [0.1, 0.15) is 0 Å². The molecule has 7 aromatic heterocycles. The minimum absolute atomic E-state index is 0.244. The molecular weight excluding hydrogens is 1820 g/mol. The lowest BCUT2D eigenvalue weighted by Crippen LogP contribution is -2.11. The predicted octanol–water partition coefficient (Wildman–Crippen LogP) is 37.0. The molecule has 146 heavy (non-hydrogen) atoms. The Morgan fingerprint density at radius 1 is 0.144 bits per heavy atom. The average molecular weight is 1910 g/mol. The van der Waals surface area contributed by atoms with Gasteiger partial charge in [-0.3, -0.25) is 0 Å². The van der Waals surface area contributed by atoms with Crippen LogP contribution in [0.2, 0.25) is 0 Å². The zero-order valence-electron chi connectivity index (χ0n) is 78.5. The minimum Gasteiger partial charge on any atom is -0.310 e. The number of nitrogens with zero attached hydrogens (tertiary/aromatic N) is 9. The van der Waals surface area contributed by atoms with Gasteiger partial charge in [-0.25, -0.2) is 17.6 Å². The molecule has 0 atom stereocenters. The summed E-state index contributed by atoms with van der Waals surface area (Å²) < 4.78 is 74.9. The normalized spacial score (nSPS) is 11.7. The molecule has 0 bridgehead atoms. The number of rotatable bonds is 15. The number of hydrogen-bond acceptors (Lipinski definition) is 4. The Morgan fingerprint density at radius 2 is 0.404 bits per heavy atom. The first-order valence-electron chi connectivity index (χ1n) is 48.8. The zero-order chi connectivity index (χ0) is 97.1. The Morgan fingerprint density at radius 3 is 0.781 bits per heavy atom. The van der Waals surface area contributed by atoms with Crippen LogP contribution in [0.4, 0.5) is 68.7 Å². The van der Waals surface area contributed by atoms with Gasteiger partial charge in [0.2, 0.25) is 0 Å². The van der Waals surface area contributed by atoms with Crippen LogP contribution in [0.5, 0.6) is 0 Å². The molecule has 7 heterocycles. The highest BCUT2D eigenvalue weighted by atomic mass is 32.1. The largest absolute Gasteiger partial charge is 0.310 e. The summed E-state index contributed by atoms with van der Waals surface area (Å²) in [4.78, 5) is 6.52. The molecule has 29 aromatic rings. The van der Waals surface area contributed by atoms with E-state index in [9.17, 15) is 17.6 Å². The maximum atomic E-state index is 14.9. The van der Waals surface area contributed by atoms with E-state index in [1.165, 1.54) is 83.0 Å². The van der Waals surface area contributed by atoms with Gasteiger partial charge >= 0.3 is 0 Å². The lowest BCUT2D eigenvalue weighted by Gasteiger charge is -2.26. The van der Waals surface area contributed by atoms with Gasteiger partial charge in [0.25, 0.3) is 0 Å². The van der Waals surface area contributed by atoms with Crippen molar-refractivity contribution in [1.29, 1.82) is 0 Å². The van der Waals surface area contributed by atoms with Gasteiger partial charge in [-0.1, -0.05) is 255 Å². The molecule has 0 saturated carbocycles. The smallest absolute Gasteiger partial charge is 0.128 e. The van der Waals surface area contributed by atoms with Crippen molar-refractivity contribution in [2.24, 2.45) is 0 Å². The van der Waals surface area contributed by atoms with Crippen LogP contribution in [-0.4, -0.2) is 27.4 Å². The van der Waals surface area contributed by atoms with E-state index in [-0.39, 0.29) is 11.6 Å². The second-order valence-corrected chi connectivity index (χ2v) is 37.9. The highest BCUT2D eigenvalue weighted by Gasteiger charge is 2.28. The van der Waals surface area contributed by atoms with Gasteiger partial charge in [0.05, 0.1) is 82.3 Å². The minimum atomic E-state index is -0.633. The lowest BCUT2D eigenvalue weighted by atomic mass is 10.1. The van der Waals surface area contributed by atoms with E-state index in [2.05, 4.69) is 401 Å². The topological polar surface area (TPSA) is 39.3 Å². The van der Waals surface area contributed by atoms with Crippen molar-refractivity contribution in [3.8, 4) is 34.1 Å². The molecule has 0 aliphatic carbocycles. The molecule has 692 valence electrons. The molecule has 9 nitrogen and oxygen atoms in total. The molecule has 0 aliphatic heterocycles. The second-order valence-electron chi connectivity index (χ2n) is 36.8. The summed E-state index contributed by atoms with van der Waals surface area (Å²) in [5.74, 6) is -1.78. The van der Waals surface area contributed by atoms with E-state index in [0.717, 1.165) is 184 Å². The van der Waals surface area contributed by atoms with Crippen molar-refractivity contribution in [2.75, 3.05) is 14.7 Å². The third-order valence-electron chi connectivity index (χ3n) is 28.4. The predicted molar refractivity (Wildman–Crippen MR) is 602 cm³/mol. The Labute approximate surface area is 840 Å². The van der Waals surface area contributed by atoms with E-state index in [1.807, 2.05) is 119 Å². The fraction of sp³-hybridized carbons (Fsp3) is 0. The van der Waals surface area contributed by atoms with E-state index in [4.69, 9.17) is 0 Å². The van der Waals surface area contributed by atoms with Gasteiger partial charge < -0.3 is 42.1 Å². The number of anilines is 9. The highest BCUT2D eigenvalue weighted by molar-refractivity contribution is 7.26. The Balaban J connectivity index is 0.000000109. The van der Waals surface area contributed by atoms with Crippen LogP contribution in [0.15, 0.2) is 516 Å². The summed E-state index contributed by atoms with van der Waals surface area (Å²) in [5.41, 5.74) is 27.5. The van der Waals surface area contributed by atoms with Crippen LogP contribution in [-0.2, 0) is 0 Å². The molecule has 0 N–H and O–H groups in total. The highest BCUT2D eigenvalue weighted by Crippen LogP contribution is 2.51. The van der Waals surface area contributed by atoms with Crippen molar-refractivity contribution >= 4 is 214 Å². The molecule has 0 unspecified atom stereocenters. The van der Waals surface area contributed by atoms with E-state index in [0.29, 0.717) is 5.69 Å². The summed E-state index contributed by atoms with van der Waals surface area (Å²) in [6.45, 7) is 0. The summed E-state index contributed by atoms with van der Waals surface area (Å²) in [6.07, 6.45) is 0. The first kappa shape index (κ1) is 86.1. The lowest BCUT2D eigenvalue weighted by molar-refractivity contribution is 0.583. The van der Waals surface area contributed by atoms with Crippen molar-refractivity contribution in [2.45, 2.75) is 0 Å². The summed E-state index contributed by atoms with van der Waals surface area (Å²) >= 11 is 1.84. The number of thiophene rings is 1. The van der Waals surface area contributed by atoms with Crippen molar-refractivity contribution in [1.82, 2.24) is 27.4 Å². The van der Waals surface area contributed by atoms with Crippen molar-refractivity contribution in [3.63, 3.8) is 0 Å². The molecule has 14 heteroatoms. The maximum Gasteiger partial charge on any atom is 0.128 e. The number of halogens is 4. The van der Waals surface area contributed by atoms with Gasteiger partial charge in [-0.05, 0) is 255 Å². The van der Waals surface area contributed by atoms with Crippen molar-refractivity contribution < 1.29 is 17.6 Å². The standard InChI is InChI=1S/C48H30FN3S.C42H27F2N3.C42H28FN3/c49-31-21-23-33(24-22-31)51-43-18-8-5-14-37(43)41-29-34(26-28-44(41)51)50(45-19-10-16-40-39-15-6-9-20-47(39)53-48(40)45)35-25-27-38-36-13-4-7-17-42(36)52(46(38)30-35)32-11-2-1-3-12-32;43-28-23-29(44)25-34(24-28)45(32-20-22-41-38(26-32)36-16-8-10-18-40(36)46(41)30-11-3-1-4-12-30)33-19-21-37-35-15-7-9-17-39(35)47(42(37)27-33)31-13-5-2-6-14-31;43-29-12-11-17-32(26-29)44(33-23-25-41-38(27-33)36-19-8-10-21-40(36)45(41)30-13-3-1-4-14-30)34-22-24-37-35-18-7-9-20-39(35)46(42(37)28-34)31-15-5-2-6-16-31/h1-30H;1-27H;1-28H. The Bertz CT molecular complexity index is 10100. The van der Waals surface area contributed by atoms with E-state index < -0.39 is 11.6 Å². The average Bonchev–Trinajstić information content (AvgIpc) is 1.58. The molecule has 0 saturated heterocycles. The molecule has 0 radical (unpaired) electrons. The summed E-state index contributed by atoms with van der Waals surface area (Å²) in [5, 5.41) is 16.3. The maximum absolute atomic E-state index is 14.9. The van der Waals surface area contributed by atoms with Crippen molar-refractivity contribution in [3.05, 3.63) is 539 Å². The van der Waals surface area contributed by atoms with E-state index >= 15 is 0 Å². The van der Waals surface area contributed by atoms with Gasteiger partial charge in [0.1, 0.15) is 23.3 Å². The summed E-state index contributed by atoms with van der Waals surface area (Å²) in [7, 11) is 0. The number of benzene rings is 22. The number of para-hydroxylation sites is 11. The quantitative estimate of drug-likeness (QED) is 0.0961.